The molecule has 0 aromatic carbocycles. The number of aliphatic hydroxyl groups is 2. The van der Waals surface area contributed by atoms with Crippen LogP contribution in [-0.2, 0) is 11.3 Å². The quantitative estimate of drug-likeness (QED) is 0.334. The monoisotopic (exact) mass is 332 g/mol. The van der Waals surface area contributed by atoms with E-state index in [4.69, 9.17) is 21.1 Å². The van der Waals surface area contributed by atoms with Crippen molar-refractivity contribution >= 4 is 11.9 Å². The summed E-state index contributed by atoms with van der Waals surface area (Å²) in [7, 11) is 0. The zero-order chi connectivity index (χ0) is 18.0. The maximum Gasteiger partial charge on any atom is 0.315 e. The molecule has 1 heterocycles. The van der Waals surface area contributed by atoms with Gasteiger partial charge in [0.2, 0.25) is 11.8 Å². The molecule has 3 atom stereocenters. The predicted octanol–water partition coefficient (Wildman–Crippen LogP) is -1.88. The van der Waals surface area contributed by atoms with E-state index in [1.165, 1.54) is 6.92 Å². The molecule has 0 spiro atoms. The summed E-state index contributed by atoms with van der Waals surface area (Å²) in [5.74, 6) is -0.695. The van der Waals surface area contributed by atoms with E-state index in [9.17, 15) is 14.7 Å². The van der Waals surface area contributed by atoms with E-state index in [0.29, 0.717) is 0 Å². The van der Waals surface area contributed by atoms with Crippen LogP contribution in [0.25, 0.3) is 0 Å². The molecule has 0 bridgehead atoms. The second-order valence-electron chi connectivity index (χ2n) is 4.28. The van der Waals surface area contributed by atoms with Crippen molar-refractivity contribution in [3.63, 3.8) is 0 Å². The number of urea groups is 1. The van der Waals surface area contributed by atoms with E-state index < -0.39 is 30.1 Å². The Bertz CT molecular complexity index is 492. The first-order valence-corrected chi connectivity index (χ1v) is 7.05. The average Bonchev–Trinajstić information content (AvgIpc) is 3.00. The minimum absolute atomic E-state index is 0.0664. The molecule has 11 heteroatoms. The van der Waals surface area contributed by atoms with E-state index >= 15 is 0 Å². The van der Waals surface area contributed by atoms with Crippen molar-refractivity contribution in [2.75, 3.05) is 6.61 Å². The van der Waals surface area contributed by atoms with Crippen molar-refractivity contribution in [3.05, 3.63) is 11.7 Å². The summed E-state index contributed by atoms with van der Waals surface area (Å²) in [6.45, 7) is 4.85. The molecule has 0 aliphatic heterocycles. The van der Waals surface area contributed by atoms with Crippen molar-refractivity contribution in [3.8, 4) is 0 Å². The van der Waals surface area contributed by atoms with Gasteiger partial charge in [0.1, 0.15) is 6.04 Å². The molecular weight excluding hydrogens is 308 g/mol. The van der Waals surface area contributed by atoms with E-state index in [-0.39, 0.29) is 24.9 Å². The highest BCUT2D eigenvalue weighted by molar-refractivity contribution is 5.86. The number of carbonyl (C=O) groups is 2. The highest BCUT2D eigenvalue weighted by Crippen LogP contribution is 2.04. The summed E-state index contributed by atoms with van der Waals surface area (Å²) < 4.78 is 4.80. The molecule has 1 aromatic heterocycles. The SMILES string of the molecule is CC.CC(O)C(NC(=O)NCc1nc(C(N)CO)no1)C(N)=O. The summed E-state index contributed by atoms with van der Waals surface area (Å²) in [4.78, 5) is 26.4. The first-order valence-electron chi connectivity index (χ1n) is 7.05. The van der Waals surface area contributed by atoms with Gasteiger partial charge in [0.05, 0.1) is 25.3 Å². The van der Waals surface area contributed by atoms with E-state index in [2.05, 4.69) is 20.8 Å². The first-order chi connectivity index (χ1) is 10.8. The molecule has 0 fully saturated rings. The molecule has 23 heavy (non-hydrogen) atoms. The second kappa shape index (κ2) is 10.5. The highest BCUT2D eigenvalue weighted by Gasteiger charge is 2.23. The van der Waals surface area contributed by atoms with Gasteiger partial charge in [-0.3, -0.25) is 4.79 Å². The van der Waals surface area contributed by atoms with Crippen LogP contribution < -0.4 is 22.1 Å². The van der Waals surface area contributed by atoms with Crippen molar-refractivity contribution in [2.24, 2.45) is 11.5 Å². The van der Waals surface area contributed by atoms with Crippen molar-refractivity contribution in [1.82, 2.24) is 20.8 Å². The third-order valence-electron chi connectivity index (χ3n) is 2.49. The number of rotatable bonds is 7. The lowest BCUT2D eigenvalue weighted by Gasteiger charge is -2.17. The number of nitrogens with two attached hydrogens (primary N) is 2. The number of hydrogen-bond donors (Lipinski definition) is 6. The van der Waals surface area contributed by atoms with Crippen molar-refractivity contribution in [2.45, 2.75) is 45.5 Å². The Kier molecular flexibility index (Phi) is 9.46. The summed E-state index contributed by atoms with van der Waals surface area (Å²) >= 11 is 0. The Morgan fingerprint density at radius 2 is 2.00 bits per heavy atom. The minimum atomic E-state index is -1.22. The van der Waals surface area contributed by atoms with Crippen LogP contribution in [0.2, 0.25) is 0 Å². The maximum absolute atomic E-state index is 11.5. The van der Waals surface area contributed by atoms with Gasteiger partial charge in [-0.05, 0) is 6.92 Å². The summed E-state index contributed by atoms with van der Waals surface area (Å²) in [5.41, 5.74) is 10.5. The molecule has 3 amide bonds. The van der Waals surface area contributed by atoms with Crippen LogP contribution in [0.3, 0.4) is 0 Å². The van der Waals surface area contributed by atoms with Crippen molar-refractivity contribution in [1.29, 1.82) is 0 Å². The molecule has 0 aliphatic rings. The van der Waals surface area contributed by atoms with Crippen LogP contribution in [0, 0.1) is 0 Å². The molecule has 132 valence electrons. The molecular formula is C12H24N6O5. The fourth-order valence-corrected chi connectivity index (χ4v) is 1.35. The number of hydrogen-bond acceptors (Lipinski definition) is 8. The fraction of sp³-hybridized carbons (Fsp3) is 0.667. The number of primary amides is 1. The molecule has 11 nitrogen and oxygen atoms in total. The van der Waals surface area contributed by atoms with Crippen LogP contribution >= 0.6 is 0 Å². The lowest BCUT2D eigenvalue weighted by Crippen LogP contribution is -2.53. The molecule has 0 saturated carbocycles. The maximum atomic E-state index is 11.5. The summed E-state index contributed by atoms with van der Waals surface area (Å²) in [6.07, 6.45) is -1.13. The lowest BCUT2D eigenvalue weighted by molar-refractivity contribution is -0.122. The summed E-state index contributed by atoms with van der Waals surface area (Å²) in [6, 6.07) is -2.73. The smallest absolute Gasteiger partial charge is 0.315 e. The second-order valence-corrected chi connectivity index (χ2v) is 4.28. The van der Waals surface area contributed by atoms with Gasteiger partial charge in [-0.15, -0.1) is 0 Å². The van der Waals surface area contributed by atoms with E-state index in [1.807, 2.05) is 13.8 Å². The minimum Gasteiger partial charge on any atom is -0.394 e. The number of nitrogens with one attached hydrogen (secondary N) is 2. The Balaban J connectivity index is 0.00000232. The third kappa shape index (κ3) is 7.04. The lowest BCUT2D eigenvalue weighted by atomic mass is 10.2. The van der Waals surface area contributed by atoms with Crippen LogP contribution in [-0.4, -0.2) is 51.0 Å². The molecule has 0 aliphatic carbocycles. The molecule has 0 radical (unpaired) electrons. The third-order valence-corrected chi connectivity index (χ3v) is 2.49. The number of aromatic nitrogens is 2. The van der Waals surface area contributed by atoms with Gasteiger partial charge >= 0.3 is 6.03 Å². The van der Waals surface area contributed by atoms with Gasteiger partial charge in [-0.2, -0.15) is 4.98 Å². The first kappa shape index (κ1) is 20.8. The standard InChI is InChI=1S/C10H18N6O5.C2H6/c1-4(18)7(8(12)19)15-10(20)13-2-6-14-9(16-21-6)5(11)3-17;1-2/h4-5,7,17-18H,2-3,11H2,1H3,(H2,12,19)(H2,13,15,20);1-2H3. The van der Waals surface area contributed by atoms with Crippen LogP contribution in [0.4, 0.5) is 4.79 Å². The van der Waals surface area contributed by atoms with Gasteiger partial charge in [-0.1, -0.05) is 19.0 Å². The normalized spacial score (nSPS) is 14.0. The predicted molar refractivity (Wildman–Crippen MR) is 79.7 cm³/mol. The molecule has 1 aromatic rings. The largest absolute Gasteiger partial charge is 0.394 e. The van der Waals surface area contributed by atoms with Gasteiger partial charge in [0.25, 0.3) is 0 Å². The Labute approximate surface area is 133 Å². The zero-order valence-corrected chi connectivity index (χ0v) is 13.3. The number of carbonyl (C=O) groups excluding carboxylic acids is 2. The zero-order valence-electron chi connectivity index (χ0n) is 13.3. The van der Waals surface area contributed by atoms with Gasteiger partial charge in [0.15, 0.2) is 5.82 Å². The molecule has 3 unspecified atom stereocenters. The Morgan fingerprint density at radius 3 is 2.48 bits per heavy atom. The topological polar surface area (TPSA) is 190 Å². The highest BCUT2D eigenvalue weighted by atomic mass is 16.5. The number of aliphatic hydroxyl groups excluding tert-OH is 2. The molecule has 1 rings (SSSR count). The molecule has 0 saturated heterocycles. The van der Waals surface area contributed by atoms with Crippen LogP contribution in [0.5, 0.6) is 0 Å². The van der Waals surface area contributed by atoms with Gasteiger partial charge < -0.3 is 36.8 Å². The summed E-state index contributed by atoms with van der Waals surface area (Å²) in [5, 5.41) is 26.2. The molecule has 8 N–H and O–H groups in total. The Morgan fingerprint density at radius 1 is 1.39 bits per heavy atom. The Hall–Kier alpha value is -2.24. The number of nitrogens with zero attached hydrogens (tertiary/aromatic N) is 2. The van der Waals surface area contributed by atoms with E-state index in [1.54, 1.807) is 0 Å². The van der Waals surface area contributed by atoms with Gasteiger partial charge in [-0.25, -0.2) is 4.79 Å². The van der Waals surface area contributed by atoms with E-state index in [0.717, 1.165) is 0 Å². The average molecular weight is 332 g/mol. The fourth-order valence-electron chi connectivity index (χ4n) is 1.35. The van der Waals surface area contributed by atoms with Gasteiger partial charge in [0, 0.05) is 0 Å². The number of amides is 3. The van der Waals surface area contributed by atoms with Crippen LogP contribution in [0.15, 0.2) is 4.52 Å². The van der Waals surface area contributed by atoms with Crippen LogP contribution in [0.1, 0.15) is 38.5 Å². The van der Waals surface area contributed by atoms with Crippen molar-refractivity contribution < 1.29 is 24.3 Å².